The van der Waals surface area contributed by atoms with Gasteiger partial charge in [0.05, 0.1) is 47.0 Å². The number of primary amides is 1. The summed E-state index contributed by atoms with van der Waals surface area (Å²) in [6.07, 6.45) is 9.69. The minimum atomic E-state index is -0.467. The Morgan fingerprint density at radius 3 is 2.86 bits per heavy atom. The van der Waals surface area contributed by atoms with Gasteiger partial charge in [-0.2, -0.15) is 0 Å². The number of nitrogens with one attached hydrogen (secondary N) is 2. The van der Waals surface area contributed by atoms with Crippen molar-refractivity contribution in [2.45, 2.75) is 12.1 Å². The summed E-state index contributed by atoms with van der Waals surface area (Å²) >= 11 is 0. The Kier molecular flexibility index (Phi) is 4.64. The van der Waals surface area contributed by atoms with E-state index in [1.54, 1.807) is 12.7 Å². The SMILES string of the molecule is CN(C)CCN(C)c1cc(C2=CC3N=CNC3C=C2)c2nc[nH]c2c1C(N)=O. The molecule has 0 saturated carbocycles. The zero-order valence-electron chi connectivity index (χ0n) is 16.3. The Bertz CT molecular complexity index is 1000. The highest BCUT2D eigenvalue weighted by Gasteiger charge is 2.26. The lowest BCUT2D eigenvalue weighted by Gasteiger charge is -2.25. The summed E-state index contributed by atoms with van der Waals surface area (Å²) in [4.78, 5) is 28.5. The number of amides is 1. The van der Waals surface area contributed by atoms with Crippen molar-refractivity contribution < 1.29 is 4.79 Å². The highest BCUT2D eigenvalue weighted by molar-refractivity contribution is 6.12. The molecule has 1 aromatic carbocycles. The lowest BCUT2D eigenvalue weighted by atomic mass is 9.92. The van der Waals surface area contributed by atoms with Crippen LogP contribution in [0.5, 0.6) is 0 Å². The number of anilines is 1. The van der Waals surface area contributed by atoms with Crippen LogP contribution in [0.25, 0.3) is 16.6 Å². The number of imidazole rings is 1. The summed E-state index contributed by atoms with van der Waals surface area (Å²) in [7, 11) is 6.02. The van der Waals surface area contributed by atoms with Crippen molar-refractivity contribution in [1.29, 1.82) is 0 Å². The smallest absolute Gasteiger partial charge is 0.253 e. The Hall–Kier alpha value is -3.13. The molecule has 146 valence electrons. The van der Waals surface area contributed by atoms with Crippen LogP contribution in [0.4, 0.5) is 5.69 Å². The van der Waals surface area contributed by atoms with Crippen LogP contribution in [0.15, 0.2) is 35.6 Å². The molecule has 2 aliphatic rings. The Labute approximate surface area is 163 Å². The van der Waals surface area contributed by atoms with Gasteiger partial charge in [-0.05, 0) is 31.8 Å². The molecule has 0 spiro atoms. The van der Waals surface area contributed by atoms with E-state index in [9.17, 15) is 4.79 Å². The van der Waals surface area contributed by atoms with Crippen LogP contribution in [-0.4, -0.2) is 73.4 Å². The summed E-state index contributed by atoms with van der Waals surface area (Å²) in [5, 5.41) is 3.22. The van der Waals surface area contributed by atoms with Crippen molar-refractivity contribution in [1.82, 2.24) is 20.2 Å². The molecule has 2 heterocycles. The topological polar surface area (TPSA) is 103 Å². The van der Waals surface area contributed by atoms with Crippen molar-refractivity contribution in [2.75, 3.05) is 39.1 Å². The number of hydrogen-bond donors (Lipinski definition) is 3. The number of aromatic nitrogens is 2. The van der Waals surface area contributed by atoms with Crippen LogP contribution in [0, 0.1) is 0 Å². The van der Waals surface area contributed by atoms with Gasteiger partial charge in [0, 0.05) is 25.7 Å². The molecule has 0 bridgehead atoms. The van der Waals surface area contributed by atoms with Gasteiger partial charge in [0.15, 0.2) is 0 Å². The lowest BCUT2D eigenvalue weighted by Crippen LogP contribution is -2.31. The van der Waals surface area contributed by atoms with Crippen LogP contribution < -0.4 is 16.0 Å². The summed E-state index contributed by atoms with van der Waals surface area (Å²) < 4.78 is 0. The third kappa shape index (κ3) is 3.16. The van der Waals surface area contributed by atoms with E-state index in [-0.39, 0.29) is 12.1 Å². The predicted octanol–water partition coefficient (Wildman–Crippen LogP) is 0.982. The monoisotopic (exact) mass is 379 g/mol. The minimum Gasteiger partial charge on any atom is -0.373 e. The van der Waals surface area contributed by atoms with Crippen molar-refractivity contribution in [3.63, 3.8) is 0 Å². The zero-order valence-corrected chi connectivity index (χ0v) is 16.3. The average molecular weight is 379 g/mol. The fraction of sp³-hybridized carbons (Fsp3) is 0.350. The molecule has 1 aliphatic heterocycles. The van der Waals surface area contributed by atoms with Crippen molar-refractivity contribution in [3.8, 4) is 0 Å². The van der Waals surface area contributed by atoms with Crippen LogP contribution >= 0.6 is 0 Å². The summed E-state index contributed by atoms with van der Waals surface area (Å²) in [6, 6.07) is 2.28. The molecule has 0 radical (unpaired) electrons. The number of aliphatic imine (C=N–C) groups is 1. The Morgan fingerprint density at radius 1 is 1.29 bits per heavy atom. The number of aromatic amines is 1. The number of carbonyl (C=O) groups is 1. The van der Waals surface area contributed by atoms with Crippen molar-refractivity contribution in [3.05, 3.63) is 41.7 Å². The van der Waals surface area contributed by atoms with Crippen molar-refractivity contribution in [2.24, 2.45) is 10.7 Å². The van der Waals surface area contributed by atoms with Crippen LogP contribution in [-0.2, 0) is 0 Å². The van der Waals surface area contributed by atoms with E-state index in [0.717, 1.165) is 35.4 Å². The van der Waals surface area contributed by atoms with Gasteiger partial charge in [-0.3, -0.25) is 9.79 Å². The molecule has 4 rings (SSSR count). The largest absolute Gasteiger partial charge is 0.373 e. The number of nitrogens with two attached hydrogens (primary N) is 1. The first-order valence-electron chi connectivity index (χ1n) is 9.29. The first-order valence-corrected chi connectivity index (χ1v) is 9.29. The van der Waals surface area contributed by atoms with Crippen LogP contribution in [0.3, 0.4) is 0 Å². The van der Waals surface area contributed by atoms with Gasteiger partial charge in [-0.1, -0.05) is 12.2 Å². The Balaban J connectivity index is 1.84. The molecule has 2 unspecified atom stereocenters. The molecule has 2 aromatic rings. The molecule has 0 fully saturated rings. The molecule has 1 aromatic heterocycles. The van der Waals surface area contributed by atoms with Gasteiger partial charge in [-0.15, -0.1) is 0 Å². The number of hydrogen-bond acceptors (Lipinski definition) is 6. The second-order valence-electron chi connectivity index (χ2n) is 7.48. The number of allylic oxidation sites excluding steroid dienone is 2. The first-order chi connectivity index (χ1) is 13.5. The second-order valence-corrected chi connectivity index (χ2v) is 7.48. The first kappa shape index (κ1) is 18.2. The van der Waals surface area contributed by atoms with E-state index in [0.29, 0.717) is 11.1 Å². The summed E-state index contributed by atoms with van der Waals surface area (Å²) in [5.74, 6) is -0.467. The van der Waals surface area contributed by atoms with Gasteiger partial charge in [0.1, 0.15) is 0 Å². The summed E-state index contributed by atoms with van der Waals surface area (Å²) in [5.41, 5.74) is 10.4. The van der Waals surface area contributed by atoms with E-state index >= 15 is 0 Å². The minimum absolute atomic E-state index is 0.0692. The van der Waals surface area contributed by atoms with Crippen LogP contribution in [0.2, 0.25) is 0 Å². The zero-order chi connectivity index (χ0) is 19.8. The fourth-order valence-corrected chi connectivity index (χ4v) is 3.68. The Morgan fingerprint density at radius 2 is 2.11 bits per heavy atom. The maximum absolute atomic E-state index is 12.3. The van der Waals surface area contributed by atoms with E-state index in [1.807, 2.05) is 27.2 Å². The number of rotatable bonds is 6. The van der Waals surface area contributed by atoms with E-state index in [1.165, 1.54) is 0 Å². The van der Waals surface area contributed by atoms with E-state index in [4.69, 9.17) is 5.73 Å². The molecule has 8 nitrogen and oxygen atoms in total. The van der Waals surface area contributed by atoms with Crippen LogP contribution in [0.1, 0.15) is 15.9 Å². The third-order valence-corrected chi connectivity index (χ3v) is 5.25. The van der Waals surface area contributed by atoms with E-state index in [2.05, 4.69) is 48.3 Å². The lowest BCUT2D eigenvalue weighted by molar-refractivity contribution is 0.100. The molecule has 8 heteroatoms. The molecule has 1 amide bonds. The molecule has 28 heavy (non-hydrogen) atoms. The van der Waals surface area contributed by atoms with Gasteiger partial charge in [-0.25, -0.2) is 4.98 Å². The molecule has 1 aliphatic carbocycles. The standard InChI is InChI=1S/C20H25N7O/c1-26(2)6-7-27(3)16-9-13(12-4-5-14-15(8-12)23-10-22-14)18-19(25-11-24-18)17(16)20(21)28/h4-5,8-11,14-15H,6-7H2,1-3H3,(H2,21,28)(H,22,23)(H,24,25). The number of H-pyrrole nitrogens is 1. The third-order valence-electron chi connectivity index (χ3n) is 5.25. The molecule has 4 N–H and O–H groups in total. The molecular weight excluding hydrogens is 354 g/mol. The predicted molar refractivity (Wildman–Crippen MR) is 113 cm³/mol. The van der Waals surface area contributed by atoms with Gasteiger partial charge in [0.25, 0.3) is 5.91 Å². The normalized spacial score (nSPS) is 20.4. The van der Waals surface area contributed by atoms with Gasteiger partial charge >= 0.3 is 0 Å². The fourth-order valence-electron chi connectivity index (χ4n) is 3.68. The number of likely N-dealkylation sites (N-methyl/N-ethyl adjacent to an activating group) is 2. The second kappa shape index (κ2) is 7.12. The average Bonchev–Trinajstić information content (AvgIpc) is 3.32. The number of benzene rings is 1. The summed E-state index contributed by atoms with van der Waals surface area (Å²) in [6.45, 7) is 1.62. The van der Waals surface area contributed by atoms with E-state index < -0.39 is 5.91 Å². The molecular formula is C20H25N7O. The van der Waals surface area contributed by atoms with Gasteiger partial charge < -0.3 is 25.8 Å². The number of fused-ring (bicyclic) bond motifs is 2. The highest BCUT2D eigenvalue weighted by Crippen LogP contribution is 2.35. The molecule has 2 atom stereocenters. The molecule has 0 saturated heterocycles. The quantitative estimate of drug-likeness (QED) is 0.694. The van der Waals surface area contributed by atoms with Crippen molar-refractivity contribution >= 4 is 34.5 Å². The maximum atomic E-state index is 12.3. The maximum Gasteiger partial charge on any atom is 0.253 e. The van der Waals surface area contributed by atoms with Gasteiger partial charge in [0.2, 0.25) is 0 Å². The number of carbonyl (C=O) groups excluding carboxylic acids is 1. The highest BCUT2D eigenvalue weighted by atomic mass is 16.1. The number of nitrogens with zero attached hydrogens (tertiary/aromatic N) is 4.